The van der Waals surface area contributed by atoms with E-state index in [1.165, 1.54) is 0 Å². The van der Waals surface area contributed by atoms with Crippen molar-refractivity contribution in [1.82, 2.24) is 4.90 Å². The summed E-state index contributed by atoms with van der Waals surface area (Å²) >= 11 is 6.38. The van der Waals surface area contributed by atoms with Crippen LogP contribution in [-0.4, -0.2) is 44.3 Å². The molecule has 0 aliphatic carbocycles. The Bertz CT molecular complexity index is 932. The fourth-order valence-electron chi connectivity index (χ4n) is 4.04. The molecule has 0 radical (unpaired) electrons. The molecule has 4 rings (SSSR count). The summed E-state index contributed by atoms with van der Waals surface area (Å²) in [6.45, 7) is 4.31. The van der Waals surface area contributed by atoms with Gasteiger partial charge >= 0.3 is 0 Å². The molecule has 0 N–H and O–H groups in total. The molecule has 160 valence electrons. The van der Waals surface area contributed by atoms with Crippen molar-refractivity contribution in [2.45, 2.75) is 32.2 Å². The fraction of sp³-hybridized carbons (Fsp3) is 0.435. The van der Waals surface area contributed by atoms with Gasteiger partial charge in [0.25, 0.3) is 5.91 Å². The number of halogens is 1. The lowest BCUT2D eigenvalue weighted by Gasteiger charge is -2.26. The Morgan fingerprint density at radius 1 is 1.17 bits per heavy atom. The fourth-order valence-corrected chi connectivity index (χ4v) is 4.30. The maximum absolute atomic E-state index is 13.4. The highest BCUT2D eigenvalue weighted by molar-refractivity contribution is 6.32. The van der Waals surface area contributed by atoms with E-state index >= 15 is 0 Å². The summed E-state index contributed by atoms with van der Waals surface area (Å²) in [5.41, 5.74) is 1.54. The smallest absolute Gasteiger partial charge is 0.254 e. The molecular formula is C23H26ClNO5. The largest absolute Gasteiger partial charge is 0.493 e. The van der Waals surface area contributed by atoms with E-state index in [0.29, 0.717) is 48.5 Å². The highest BCUT2D eigenvalue weighted by Gasteiger charge is 2.32. The Labute approximate surface area is 181 Å². The monoisotopic (exact) mass is 431 g/mol. The molecular weight excluding hydrogens is 406 g/mol. The maximum atomic E-state index is 13.4. The summed E-state index contributed by atoms with van der Waals surface area (Å²) in [6, 6.07) is 9.29. The van der Waals surface area contributed by atoms with Gasteiger partial charge in [0.2, 0.25) is 0 Å². The minimum absolute atomic E-state index is 0.0222. The molecule has 2 aliphatic heterocycles. The molecule has 1 amide bonds. The van der Waals surface area contributed by atoms with Gasteiger partial charge in [-0.05, 0) is 49.6 Å². The number of carbonyl (C=O) groups is 1. The van der Waals surface area contributed by atoms with E-state index < -0.39 is 0 Å². The molecule has 7 heteroatoms. The van der Waals surface area contributed by atoms with Crippen molar-refractivity contribution in [2.75, 3.05) is 33.5 Å². The number of fused-ring (bicyclic) bond motifs is 1. The zero-order valence-electron chi connectivity index (χ0n) is 17.3. The molecule has 0 spiro atoms. The molecule has 0 saturated carbocycles. The van der Waals surface area contributed by atoms with Crippen LogP contribution in [0.1, 0.15) is 48.1 Å². The Balaban J connectivity index is 1.62. The van der Waals surface area contributed by atoms with Crippen LogP contribution >= 0.6 is 11.6 Å². The van der Waals surface area contributed by atoms with Crippen molar-refractivity contribution in [1.29, 1.82) is 0 Å². The summed E-state index contributed by atoms with van der Waals surface area (Å²) in [4.78, 5) is 15.3. The molecule has 0 aromatic heterocycles. The van der Waals surface area contributed by atoms with Crippen LogP contribution in [0.2, 0.25) is 5.02 Å². The van der Waals surface area contributed by atoms with Crippen molar-refractivity contribution < 1.29 is 23.7 Å². The van der Waals surface area contributed by atoms with Crippen LogP contribution in [0.4, 0.5) is 0 Å². The number of ether oxygens (including phenoxy) is 4. The molecule has 1 saturated heterocycles. The lowest BCUT2D eigenvalue weighted by molar-refractivity contribution is 0.0735. The molecule has 0 bridgehead atoms. The van der Waals surface area contributed by atoms with Gasteiger partial charge in [0.05, 0.1) is 38.0 Å². The predicted octanol–water partition coefficient (Wildman–Crippen LogP) is 4.89. The standard InChI is InChI=1S/C23H26ClNO5/c1-3-28-22-17(24)12-16(14-21(22)27-2)23(26)25-9-4-6-18(25)15-7-8-19-20(13-15)30-11-5-10-29-19/h7-8,12-14,18H,3-6,9-11H2,1-2H3. The van der Waals surface area contributed by atoms with Gasteiger partial charge in [0.15, 0.2) is 23.0 Å². The van der Waals surface area contributed by atoms with Crippen molar-refractivity contribution >= 4 is 17.5 Å². The number of amides is 1. The van der Waals surface area contributed by atoms with E-state index in [1.54, 1.807) is 19.2 Å². The average Bonchev–Trinajstić information content (AvgIpc) is 3.13. The lowest BCUT2D eigenvalue weighted by atomic mass is 10.0. The normalized spacial score (nSPS) is 18.1. The number of methoxy groups -OCH3 is 1. The van der Waals surface area contributed by atoms with E-state index in [0.717, 1.165) is 36.3 Å². The highest BCUT2D eigenvalue weighted by Crippen LogP contribution is 2.40. The first-order valence-electron chi connectivity index (χ1n) is 10.3. The third kappa shape index (κ3) is 4.01. The number of carbonyl (C=O) groups excluding carboxylic acids is 1. The van der Waals surface area contributed by atoms with E-state index in [2.05, 4.69) is 0 Å². The number of benzene rings is 2. The van der Waals surface area contributed by atoms with Gasteiger partial charge in [0.1, 0.15) is 0 Å². The SMILES string of the molecule is CCOc1c(Cl)cc(C(=O)N2CCCC2c2ccc3c(c2)OCCCO3)cc1OC. The zero-order chi connectivity index (χ0) is 21.1. The van der Waals surface area contributed by atoms with Gasteiger partial charge in [-0.1, -0.05) is 17.7 Å². The van der Waals surface area contributed by atoms with Crippen molar-refractivity contribution in [2.24, 2.45) is 0 Å². The highest BCUT2D eigenvalue weighted by atomic mass is 35.5. The molecule has 2 heterocycles. The zero-order valence-corrected chi connectivity index (χ0v) is 18.0. The number of nitrogens with zero attached hydrogens (tertiary/aromatic N) is 1. The average molecular weight is 432 g/mol. The molecule has 2 aromatic rings. The van der Waals surface area contributed by atoms with Crippen molar-refractivity contribution in [3.8, 4) is 23.0 Å². The number of likely N-dealkylation sites (tertiary alicyclic amines) is 1. The number of rotatable bonds is 5. The van der Waals surface area contributed by atoms with Crippen molar-refractivity contribution in [3.05, 3.63) is 46.5 Å². The number of hydrogen-bond acceptors (Lipinski definition) is 5. The molecule has 2 aromatic carbocycles. The van der Waals surface area contributed by atoms with Crippen LogP contribution in [0.3, 0.4) is 0 Å². The summed E-state index contributed by atoms with van der Waals surface area (Å²) in [6.07, 6.45) is 2.69. The first kappa shape index (κ1) is 20.7. The molecule has 1 fully saturated rings. The van der Waals surface area contributed by atoms with Crippen LogP contribution in [-0.2, 0) is 0 Å². The Morgan fingerprint density at radius 2 is 1.97 bits per heavy atom. The van der Waals surface area contributed by atoms with Crippen LogP contribution in [0.25, 0.3) is 0 Å². The van der Waals surface area contributed by atoms with E-state index in [9.17, 15) is 4.79 Å². The minimum atomic E-state index is -0.0761. The summed E-state index contributed by atoms with van der Waals surface area (Å²) in [5.74, 6) is 2.34. The second-order valence-corrected chi connectivity index (χ2v) is 7.74. The third-order valence-electron chi connectivity index (χ3n) is 5.44. The first-order valence-corrected chi connectivity index (χ1v) is 10.7. The summed E-state index contributed by atoms with van der Waals surface area (Å²) in [7, 11) is 1.54. The minimum Gasteiger partial charge on any atom is -0.493 e. The topological polar surface area (TPSA) is 57.2 Å². The summed E-state index contributed by atoms with van der Waals surface area (Å²) < 4.78 is 22.5. The molecule has 30 heavy (non-hydrogen) atoms. The lowest BCUT2D eigenvalue weighted by Crippen LogP contribution is -2.30. The maximum Gasteiger partial charge on any atom is 0.254 e. The Kier molecular flexibility index (Phi) is 6.23. The predicted molar refractivity (Wildman–Crippen MR) is 114 cm³/mol. The van der Waals surface area contributed by atoms with E-state index in [1.807, 2.05) is 30.0 Å². The van der Waals surface area contributed by atoms with Crippen LogP contribution < -0.4 is 18.9 Å². The second kappa shape index (κ2) is 9.04. The van der Waals surface area contributed by atoms with E-state index in [-0.39, 0.29) is 11.9 Å². The van der Waals surface area contributed by atoms with Crippen molar-refractivity contribution in [3.63, 3.8) is 0 Å². The third-order valence-corrected chi connectivity index (χ3v) is 5.72. The molecule has 2 aliphatic rings. The molecule has 1 atom stereocenters. The van der Waals surface area contributed by atoms with Gasteiger partial charge in [-0.3, -0.25) is 4.79 Å². The van der Waals surface area contributed by atoms with Gasteiger partial charge < -0.3 is 23.8 Å². The first-order chi connectivity index (χ1) is 14.6. The Morgan fingerprint density at radius 3 is 2.73 bits per heavy atom. The quantitative estimate of drug-likeness (QED) is 0.674. The van der Waals surface area contributed by atoms with Crippen LogP contribution in [0, 0.1) is 0 Å². The molecule has 1 unspecified atom stereocenters. The van der Waals surface area contributed by atoms with Crippen LogP contribution in [0.15, 0.2) is 30.3 Å². The molecule has 6 nitrogen and oxygen atoms in total. The number of hydrogen-bond donors (Lipinski definition) is 0. The van der Waals surface area contributed by atoms with Gasteiger partial charge in [-0.15, -0.1) is 0 Å². The van der Waals surface area contributed by atoms with Crippen LogP contribution in [0.5, 0.6) is 23.0 Å². The Hall–Kier alpha value is -2.60. The second-order valence-electron chi connectivity index (χ2n) is 7.34. The van der Waals surface area contributed by atoms with E-state index in [4.69, 9.17) is 30.5 Å². The van der Waals surface area contributed by atoms with Gasteiger partial charge in [0, 0.05) is 18.5 Å². The van der Waals surface area contributed by atoms with Gasteiger partial charge in [-0.2, -0.15) is 0 Å². The summed E-state index contributed by atoms with van der Waals surface area (Å²) in [5, 5.41) is 0.367. The van der Waals surface area contributed by atoms with Gasteiger partial charge in [-0.25, -0.2) is 0 Å².